The summed E-state index contributed by atoms with van der Waals surface area (Å²) in [5.41, 5.74) is 2.88. The van der Waals surface area contributed by atoms with Crippen LogP contribution < -0.4 is 0 Å². The molecule has 0 atom stereocenters. The normalized spacial score (nSPS) is 15.3. The molecule has 2 aromatic rings. The zero-order valence-corrected chi connectivity index (χ0v) is 15.5. The first-order chi connectivity index (χ1) is 12.6. The molecule has 0 unspecified atom stereocenters. The summed E-state index contributed by atoms with van der Waals surface area (Å²) >= 11 is 5.90. The Morgan fingerprint density at radius 2 is 1.65 bits per heavy atom. The molecule has 0 N–H and O–H groups in total. The SMILES string of the molecule is N#Cc1ccc(CN2CCCN(C(=O)Cc3ccc(Cl)cc3)CC2)cc1. The van der Waals surface area contributed by atoms with Gasteiger partial charge in [-0.1, -0.05) is 35.9 Å². The molecular weight excluding hydrogens is 346 g/mol. The summed E-state index contributed by atoms with van der Waals surface area (Å²) in [4.78, 5) is 16.9. The van der Waals surface area contributed by atoms with E-state index in [-0.39, 0.29) is 5.91 Å². The molecule has 5 heteroatoms. The van der Waals surface area contributed by atoms with Crippen LogP contribution in [0.3, 0.4) is 0 Å². The lowest BCUT2D eigenvalue weighted by Crippen LogP contribution is -2.36. The molecule has 0 saturated carbocycles. The van der Waals surface area contributed by atoms with E-state index in [1.807, 2.05) is 53.4 Å². The smallest absolute Gasteiger partial charge is 0.227 e. The summed E-state index contributed by atoms with van der Waals surface area (Å²) in [5.74, 6) is 0.174. The van der Waals surface area contributed by atoms with Crippen molar-refractivity contribution in [3.63, 3.8) is 0 Å². The number of nitrogens with zero attached hydrogens (tertiary/aromatic N) is 3. The first-order valence-electron chi connectivity index (χ1n) is 8.87. The number of benzene rings is 2. The number of hydrogen-bond acceptors (Lipinski definition) is 3. The maximum absolute atomic E-state index is 12.6. The van der Waals surface area contributed by atoms with Crippen LogP contribution in [0.4, 0.5) is 0 Å². The first-order valence-corrected chi connectivity index (χ1v) is 9.25. The van der Waals surface area contributed by atoms with Crippen molar-refractivity contribution < 1.29 is 4.79 Å². The van der Waals surface area contributed by atoms with E-state index >= 15 is 0 Å². The van der Waals surface area contributed by atoms with Crippen LogP contribution in [0.15, 0.2) is 48.5 Å². The first kappa shape index (κ1) is 18.4. The molecule has 1 aliphatic rings. The molecule has 26 heavy (non-hydrogen) atoms. The van der Waals surface area contributed by atoms with Gasteiger partial charge in [0.1, 0.15) is 0 Å². The Labute approximate surface area is 159 Å². The average Bonchev–Trinajstić information content (AvgIpc) is 2.90. The number of amides is 1. The molecule has 0 radical (unpaired) electrons. The standard InChI is InChI=1S/C21H22ClN3O/c22-20-8-6-17(7-9-20)14-21(26)25-11-1-10-24(12-13-25)16-19-4-2-18(15-23)3-5-19/h2-9H,1,10-14,16H2. The van der Waals surface area contributed by atoms with Gasteiger partial charge in [0.2, 0.25) is 5.91 Å². The maximum Gasteiger partial charge on any atom is 0.227 e. The molecule has 2 aromatic carbocycles. The minimum absolute atomic E-state index is 0.174. The van der Waals surface area contributed by atoms with Crippen molar-refractivity contribution in [1.29, 1.82) is 5.26 Å². The van der Waals surface area contributed by atoms with E-state index in [0.29, 0.717) is 17.0 Å². The second-order valence-corrected chi connectivity index (χ2v) is 7.06. The van der Waals surface area contributed by atoms with E-state index in [9.17, 15) is 4.79 Å². The Hall–Kier alpha value is -2.35. The van der Waals surface area contributed by atoms with Gasteiger partial charge in [0, 0.05) is 37.7 Å². The molecule has 1 saturated heterocycles. The average molecular weight is 368 g/mol. The van der Waals surface area contributed by atoms with Crippen LogP contribution in [0.1, 0.15) is 23.1 Å². The molecule has 3 rings (SSSR count). The molecule has 0 spiro atoms. The van der Waals surface area contributed by atoms with E-state index in [4.69, 9.17) is 16.9 Å². The molecule has 0 aliphatic carbocycles. The van der Waals surface area contributed by atoms with Crippen LogP contribution in [0, 0.1) is 11.3 Å². The Morgan fingerprint density at radius 3 is 2.35 bits per heavy atom. The molecule has 0 bridgehead atoms. The van der Waals surface area contributed by atoms with Gasteiger partial charge in [-0.15, -0.1) is 0 Å². The highest BCUT2D eigenvalue weighted by atomic mass is 35.5. The van der Waals surface area contributed by atoms with E-state index in [0.717, 1.165) is 44.7 Å². The summed E-state index contributed by atoms with van der Waals surface area (Å²) < 4.78 is 0. The fourth-order valence-corrected chi connectivity index (χ4v) is 3.34. The molecule has 1 aliphatic heterocycles. The van der Waals surface area contributed by atoms with Gasteiger partial charge in [0.15, 0.2) is 0 Å². The third kappa shape index (κ3) is 5.08. The van der Waals surface area contributed by atoms with Crippen LogP contribution in [-0.4, -0.2) is 41.9 Å². The topological polar surface area (TPSA) is 47.3 Å². The van der Waals surface area contributed by atoms with Crippen molar-refractivity contribution in [2.75, 3.05) is 26.2 Å². The van der Waals surface area contributed by atoms with Crippen molar-refractivity contribution in [1.82, 2.24) is 9.80 Å². The van der Waals surface area contributed by atoms with Crippen molar-refractivity contribution in [2.45, 2.75) is 19.4 Å². The molecule has 1 amide bonds. The summed E-state index contributed by atoms with van der Waals surface area (Å²) in [6.45, 7) is 4.25. The summed E-state index contributed by atoms with van der Waals surface area (Å²) in [6, 6.07) is 17.3. The third-order valence-electron chi connectivity index (χ3n) is 4.70. The van der Waals surface area contributed by atoms with Crippen LogP contribution in [0.2, 0.25) is 5.02 Å². The second-order valence-electron chi connectivity index (χ2n) is 6.62. The Morgan fingerprint density at radius 1 is 0.962 bits per heavy atom. The summed E-state index contributed by atoms with van der Waals surface area (Å²) in [6.07, 6.45) is 1.40. The highest BCUT2D eigenvalue weighted by Crippen LogP contribution is 2.13. The van der Waals surface area contributed by atoms with Gasteiger partial charge in [-0.05, 0) is 41.8 Å². The monoisotopic (exact) mass is 367 g/mol. The Kier molecular flexibility index (Phi) is 6.27. The van der Waals surface area contributed by atoms with Gasteiger partial charge in [-0.2, -0.15) is 5.26 Å². The molecule has 4 nitrogen and oxygen atoms in total. The number of hydrogen-bond donors (Lipinski definition) is 0. The van der Waals surface area contributed by atoms with E-state index in [1.54, 1.807) is 0 Å². The lowest BCUT2D eigenvalue weighted by atomic mass is 10.1. The van der Waals surface area contributed by atoms with Crippen molar-refractivity contribution in [3.05, 3.63) is 70.2 Å². The van der Waals surface area contributed by atoms with Gasteiger partial charge in [-0.3, -0.25) is 9.69 Å². The summed E-state index contributed by atoms with van der Waals surface area (Å²) in [7, 11) is 0. The van der Waals surface area contributed by atoms with Gasteiger partial charge in [0.25, 0.3) is 0 Å². The quantitative estimate of drug-likeness (QED) is 0.831. The lowest BCUT2D eigenvalue weighted by Gasteiger charge is -2.22. The third-order valence-corrected chi connectivity index (χ3v) is 4.95. The minimum Gasteiger partial charge on any atom is -0.341 e. The molecule has 0 aromatic heterocycles. The van der Waals surface area contributed by atoms with Gasteiger partial charge in [-0.25, -0.2) is 0 Å². The predicted molar refractivity (Wildman–Crippen MR) is 103 cm³/mol. The van der Waals surface area contributed by atoms with Gasteiger partial charge < -0.3 is 4.90 Å². The highest BCUT2D eigenvalue weighted by molar-refractivity contribution is 6.30. The van der Waals surface area contributed by atoms with Crippen LogP contribution in [0.25, 0.3) is 0 Å². The van der Waals surface area contributed by atoms with Crippen molar-refractivity contribution in [2.24, 2.45) is 0 Å². The molecule has 1 fully saturated rings. The van der Waals surface area contributed by atoms with Crippen molar-refractivity contribution in [3.8, 4) is 6.07 Å². The number of carbonyl (C=O) groups is 1. The van der Waals surface area contributed by atoms with Crippen LogP contribution >= 0.6 is 11.6 Å². The minimum atomic E-state index is 0.174. The lowest BCUT2D eigenvalue weighted by molar-refractivity contribution is -0.130. The van der Waals surface area contributed by atoms with Gasteiger partial charge >= 0.3 is 0 Å². The second kappa shape index (κ2) is 8.84. The molecule has 1 heterocycles. The van der Waals surface area contributed by atoms with E-state index in [1.165, 1.54) is 5.56 Å². The van der Waals surface area contributed by atoms with Crippen LogP contribution in [-0.2, 0) is 17.8 Å². The zero-order chi connectivity index (χ0) is 18.4. The predicted octanol–water partition coefficient (Wildman–Crippen LogP) is 3.49. The number of carbonyl (C=O) groups excluding carboxylic acids is 1. The number of nitriles is 1. The van der Waals surface area contributed by atoms with E-state index < -0.39 is 0 Å². The summed E-state index contributed by atoms with van der Waals surface area (Å²) in [5, 5.41) is 9.57. The fourth-order valence-electron chi connectivity index (χ4n) is 3.21. The molecular formula is C21H22ClN3O. The fraction of sp³-hybridized carbons (Fsp3) is 0.333. The largest absolute Gasteiger partial charge is 0.341 e. The van der Waals surface area contributed by atoms with Crippen LogP contribution in [0.5, 0.6) is 0 Å². The van der Waals surface area contributed by atoms with Crippen molar-refractivity contribution >= 4 is 17.5 Å². The Balaban J connectivity index is 1.53. The zero-order valence-electron chi connectivity index (χ0n) is 14.7. The molecule has 134 valence electrons. The maximum atomic E-state index is 12.6. The van der Waals surface area contributed by atoms with Gasteiger partial charge in [0.05, 0.1) is 18.1 Å². The number of halogens is 1. The number of rotatable bonds is 4. The van der Waals surface area contributed by atoms with E-state index in [2.05, 4.69) is 11.0 Å². The Bertz CT molecular complexity index is 780. The highest BCUT2D eigenvalue weighted by Gasteiger charge is 2.19.